The van der Waals surface area contributed by atoms with Crippen LogP contribution in [-0.2, 0) is 4.79 Å². The summed E-state index contributed by atoms with van der Waals surface area (Å²) in [7, 11) is 0. The van der Waals surface area contributed by atoms with E-state index in [-0.39, 0.29) is 17.9 Å². The highest BCUT2D eigenvalue weighted by Crippen LogP contribution is 2.80. The van der Waals surface area contributed by atoms with E-state index in [4.69, 9.17) is 0 Å². The number of hydrogen-bond donors (Lipinski definition) is 1. The van der Waals surface area contributed by atoms with Gasteiger partial charge in [0.05, 0.1) is 0 Å². The van der Waals surface area contributed by atoms with Gasteiger partial charge in [0.2, 0.25) is 0 Å². The molecule has 4 saturated carbocycles. The van der Waals surface area contributed by atoms with Gasteiger partial charge < -0.3 is 9.90 Å². The fourth-order valence-corrected chi connectivity index (χ4v) is 3.95. The average Bonchev–Trinajstić information content (AvgIpc) is 2.49. The maximum Gasteiger partial charge on any atom is 0.124 e. The topological polar surface area (TPSA) is 37.3 Å². The van der Waals surface area contributed by atoms with E-state index in [1.165, 1.54) is 12.8 Å². The lowest BCUT2D eigenvalue weighted by Crippen LogP contribution is -2.20. The Morgan fingerprint density at radius 1 is 1.45 bits per heavy atom. The minimum Gasteiger partial charge on any atom is -0.396 e. The van der Waals surface area contributed by atoms with E-state index >= 15 is 0 Å². The molecule has 0 spiro atoms. The van der Waals surface area contributed by atoms with Crippen LogP contribution < -0.4 is 0 Å². The van der Waals surface area contributed by atoms with E-state index in [2.05, 4.69) is 0 Å². The van der Waals surface area contributed by atoms with Crippen LogP contribution in [0.5, 0.6) is 0 Å². The number of aliphatic hydroxyl groups is 1. The van der Waals surface area contributed by atoms with Gasteiger partial charge in [0, 0.05) is 17.9 Å². The molecular formula is C9H12O2. The lowest BCUT2D eigenvalue weighted by molar-refractivity contribution is -0.113. The van der Waals surface area contributed by atoms with Crippen molar-refractivity contribution in [2.24, 2.45) is 29.1 Å². The van der Waals surface area contributed by atoms with Crippen molar-refractivity contribution >= 4 is 6.29 Å². The maximum absolute atomic E-state index is 10.7. The largest absolute Gasteiger partial charge is 0.396 e. The Morgan fingerprint density at radius 3 is 2.45 bits per heavy atom. The standard InChI is InChI=1S/C9H12O2/c10-3-8-5-1-6-7(2-5)9(6,8)4-11/h3,5-8,11H,1-2,4H2. The molecule has 3 unspecified atom stereocenters. The average molecular weight is 152 g/mol. The molecule has 4 bridgehead atoms. The van der Waals surface area contributed by atoms with Crippen LogP contribution >= 0.6 is 0 Å². The second kappa shape index (κ2) is 1.53. The van der Waals surface area contributed by atoms with E-state index in [0.717, 1.165) is 6.29 Å². The lowest BCUT2D eigenvalue weighted by atomic mass is 9.91. The zero-order chi connectivity index (χ0) is 7.64. The third kappa shape index (κ3) is 0.418. The number of carbonyl (C=O) groups excluding carboxylic acids is 1. The summed E-state index contributed by atoms with van der Waals surface area (Å²) < 4.78 is 0. The molecular weight excluding hydrogens is 140 g/mol. The third-order valence-corrected chi connectivity index (χ3v) is 4.42. The monoisotopic (exact) mass is 152 g/mol. The first kappa shape index (κ1) is 6.18. The zero-order valence-electron chi connectivity index (χ0n) is 6.36. The van der Waals surface area contributed by atoms with Gasteiger partial charge in [-0.1, -0.05) is 0 Å². The molecule has 0 aromatic heterocycles. The van der Waals surface area contributed by atoms with E-state index in [9.17, 15) is 9.90 Å². The van der Waals surface area contributed by atoms with Crippen molar-refractivity contribution in [2.45, 2.75) is 12.8 Å². The second-order valence-electron chi connectivity index (χ2n) is 4.38. The van der Waals surface area contributed by atoms with Crippen molar-refractivity contribution in [1.82, 2.24) is 0 Å². The van der Waals surface area contributed by atoms with Crippen LogP contribution in [-0.4, -0.2) is 18.0 Å². The molecule has 0 aromatic carbocycles. The van der Waals surface area contributed by atoms with Gasteiger partial charge in [-0.3, -0.25) is 0 Å². The van der Waals surface area contributed by atoms with Gasteiger partial charge in [-0.15, -0.1) is 0 Å². The van der Waals surface area contributed by atoms with Gasteiger partial charge in [-0.25, -0.2) is 0 Å². The Bertz CT molecular complexity index is 212. The Hall–Kier alpha value is -0.370. The number of rotatable bonds is 2. The minimum absolute atomic E-state index is 0.0897. The number of aliphatic hydroxyl groups excluding tert-OH is 1. The molecule has 4 aliphatic rings. The van der Waals surface area contributed by atoms with Crippen LogP contribution in [0.1, 0.15) is 12.8 Å². The Balaban J connectivity index is 2.03. The number of carbonyl (C=O) groups is 1. The van der Waals surface area contributed by atoms with E-state index in [1.807, 2.05) is 0 Å². The first-order valence-electron chi connectivity index (χ1n) is 4.40. The van der Waals surface area contributed by atoms with E-state index in [0.29, 0.717) is 17.8 Å². The molecule has 2 nitrogen and oxygen atoms in total. The van der Waals surface area contributed by atoms with Crippen LogP contribution in [0.3, 0.4) is 0 Å². The molecule has 0 saturated heterocycles. The number of hydrogen-bond acceptors (Lipinski definition) is 2. The smallest absolute Gasteiger partial charge is 0.124 e. The van der Waals surface area contributed by atoms with Crippen LogP contribution in [0.25, 0.3) is 0 Å². The van der Waals surface area contributed by atoms with Gasteiger partial charge >= 0.3 is 0 Å². The Morgan fingerprint density at radius 2 is 2.09 bits per heavy atom. The van der Waals surface area contributed by atoms with Crippen LogP contribution in [0.4, 0.5) is 0 Å². The number of aldehydes is 1. The molecule has 4 fully saturated rings. The zero-order valence-corrected chi connectivity index (χ0v) is 6.36. The molecule has 0 radical (unpaired) electrons. The summed E-state index contributed by atoms with van der Waals surface area (Å²) in [6.07, 6.45) is 3.52. The molecule has 3 atom stereocenters. The van der Waals surface area contributed by atoms with Crippen LogP contribution in [0.2, 0.25) is 0 Å². The predicted molar refractivity (Wildman–Crippen MR) is 38.8 cm³/mol. The van der Waals surface area contributed by atoms with Crippen molar-refractivity contribution in [3.63, 3.8) is 0 Å². The molecule has 0 aromatic rings. The van der Waals surface area contributed by atoms with Gasteiger partial charge in [0.1, 0.15) is 6.29 Å². The van der Waals surface area contributed by atoms with Crippen molar-refractivity contribution in [2.75, 3.05) is 6.61 Å². The maximum atomic E-state index is 10.7. The SMILES string of the molecule is O=CC1C2CC3C(C2)C13CO. The fraction of sp³-hybridized carbons (Fsp3) is 0.889. The fourth-order valence-electron chi connectivity index (χ4n) is 3.95. The summed E-state index contributed by atoms with van der Waals surface area (Å²) in [4.78, 5) is 10.7. The van der Waals surface area contributed by atoms with Gasteiger partial charge in [0.15, 0.2) is 0 Å². The first-order chi connectivity index (χ1) is 5.34. The van der Waals surface area contributed by atoms with Crippen molar-refractivity contribution in [1.29, 1.82) is 0 Å². The molecule has 2 heteroatoms. The van der Waals surface area contributed by atoms with Crippen LogP contribution in [0.15, 0.2) is 0 Å². The van der Waals surface area contributed by atoms with Crippen molar-refractivity contribution in [3.8, 4) is 0 Å². The summed E-state index contributed by atoms with van der Waals surface area (Å²) in [5.41, 5.74) is 0.0897. The first-order valence-corrected chi connectivity index (χ1v) is 4.40. The highest BCUT2D eigenvalue weighted by Gasteiger charge is 2.78. The summed E-state index contributed by atoms with van der Waals surface area (Å²) in [5.74, 6) is 2.28. The van der Waals surface area contributed by atoms with E-state index < -0.39 is 0 Å². The van der Waals surface area contributed by atoms with Crippen molar-refractivity contribution < 1.29 is 9.90 Å². The summed E-state index contributed by atoms with van der Waals surface area (Å²) in [5, 5.41) is 9.21. The van der Waals surface area contributed by atoms with Crippen LogP contribution in [0, 0.1) is 29.1 Å². The molecule has 0 amide bonds. The summed E-state index contributed by atoms with van der Waals surface area (Å²) in [6, 6.07) is 0. The highest BCUT2D eigenvalue weighted by atomic mass is 16.3. The molecule has 1 N–H and O–H groups in total. The second-order valence-corrected chi connectivity index (χ2v) is 4.38. The molecule has 60 valence electrons. The highest BCUT2D eigenvalue weighted by molar-refractivity contribution is 5.61. The van der Waals surface area contributed by atoms with Gasteiger partial charge in [-0.05, 0) is 30.6 Å². The summed E-state index contributed by atoms with van der Waals surface area (Å²) in [6.45, 7) is 0.252. The molecule has 11 heavy (non-hydrogen) atoms. The lowest BCUT2D eigenvalue weighted by Gasteiger charge is -2.13. The molecule has 0 heterocycles. The quantitative estimate of drug-likeness (QED) is 0.583. The Kier molecular flexibility index (Phi) is 0.861. The normalized spacial score (nSPS) is 63.4. The molecule has 0 aliphatic heterocycles. The predicted octanol–water partition coefficient (Wildman–Crippen LogP) is 0.450. The minimum atomic E-state index is 0.0897. The molecule has 4 rings (SSSR count). The Labute approximate surface area is 65.6 Å². The van der Waals surface area contributed by atoms with E-state index in [1.54, 1.807) is 0 Å². The van der Waals surface area contributed by atoms with Crippen molar-refractivity contribution in [3.05, 3.63) is 0 Å². The third-order valence-electron chi connectivity index (χ3n) is 4.42. The van der Waals surface area contributed by atoms with Gasteiger partial charge in [0.25, 0.3) is 0 Å². The summed E-state index contributed by atoms with van der Waals surface area (Å²) >= 11 is 0. The molecule has 4 aliphatic carbocycles. The van der Waals surface area contributed by atoms with Gasteiger partial charge in [-0.2, -0.15) is 0 Å².